The van der Waals surface area contributed by atoms with Gasteiger partial charge < -0.3 is 9.63 Å². The van der Waals surface area contributed by atoms with Crippen LogP contribution in [0, 0.1) is 23.0 Å². The predicted octanol–water partition coefficient (Wildman–Crippen LogP) is 7.08. The number of hydrogen-bond acceptors (Lipinski definition) is 6. The normalized spacial score (nSPS) is 15.4. The maximum absolute atomic E-state index is 14.3. The van der Waals surface area contributed by atoms with Crippen LogP contribution >= 0.6 is 12.6 Å². The van der Waals surface area contributed by atoms with Crippen LogP contribution < -0.4 is 0 Å². The van der Waals surface area contributed by atoms with E-state index >= 15 is 0 Å². The first-order valence-corrected chi connectivity index (χ1v) is 14.2. The molecule has 0 aliphatic carbocycles. The number of likely N-dealkylation sites (tertiary alicyclic amines) is 1. The molecule has 0 saturated carbocycles. The first-order valence-electron chi connectivity index (χ1n) is 13.8. The van der Waals surface area contributed by atoms with E-state index in [0.29, 0.717) is 50.1 Å². The third-order valence-electron chi connectivity index (χ3n) is 7.85. The van der Waals surface area contributed by atoms with E-state index in [0.717, 1.165) is 28.0 Å². The second-order valence-electron chi connectivity index (χ2n) is 11.3. The van der Waals surface area contributed by atoms with Gasteiger partial charge in [-0.15, -0.1) is 12.6 Å². The number of carboxylic acids is 1. The van der Waals surface area contributed by atoms with E-state index in [1.165, 1.54) is 23.8 Å². The van der Waals surface area contributed by atoms with Crippen molar-refractivity contribution in [1.82, 2.24) is 15.0 Å². The number of carbonyl (C=O) groups is 1. The predicted molar refractivity (Wildman–Crippen MR) is 156 cm³/mol. The monoisotopic (exact) mass is 577 g/mol. The van der Waals surface area contributed by atoms with Gasteiger partial charge >= 0.3 is 5.97 Å². The molecule has 0 atom stereocenters. The molecule has 1 fully saturated rings. The summed E-state index contributed by atoms with van der Waals surface area (Å²) >= 11 is 4.63. The molecule has 1 aromatic heterocycles. The highest BCUT2D eigenvalue weighted by Gasteiger charge is 2.42. The minimum Gasteiger partial charge on any atom is -0.481 e. The number of benzene rings is 3. The van der Waals surface area contributed by atoms with Crippen molar-refractivity contribution in [3.63, 3.8) is 0 Å². The van der Waals surface area contributed by atoms with Gasteiger partial charge in [0.05, 0.1) is 5.41 Å². The molecule has 214 valence electrons. The van der Waals surface area contributed by atoms with Crippen molar-refractivity contribution >= 4 is 18.6 Å². The Bertz CT molecular complexity index is 1510. The van der Waals surface area contributed by atoms with Crippen molar-refractivity contribution in [3.8, 4) is 22.8 Å². The van der Waals surface area contributed by atoms with Crippen LogP contribution in [-0.4, -0.2) is 39.2 Å². The number of nitrogens with zero attached hydrogens (tertiary/aromatic N) is 3. The molecule has 4 aromatic rings. The zero-order valence-corrected chi connectivity index (χ0v) is 24.0. The molecule has 9 heteroatoms. The van der Waals surface area contributed by atoms with Crippen molar-refractivity contribution in [3.05, 3.63) is 89.0 Å². The highest BCUT2D eigenvalue weighted by Crippen LogP contribution is 2.37. The molecular weight excluding hydrogens is 544 g/mol. The zero-order valence-electron chi connectivity index (χ0n) is 23.1. The molecule has 1 saturated heterocycles. The average molecular weight is 578 g/mol. The van der Waals surface area contributed by atoms with Crippen molar-refractivity contribution in [2.75, 3.05) is 13.1 Å². The van der Waals surface area contributed by atoms with Crippen LogP contribution in [0.1, 0.15) is 43.4 Å². The Hall–Kier alpha value is -3.56. The molecule has 41 heavy (non-hydrogen) atoms. The third-order valence-corrected chi connectivity index (χ3v) is 8.26. The number of piperidine rings is 1. The molecule has 1 aliphatic heterocycles. The Kier molecular flexibility index (Phi) is 8.56. The van der Waals surface area contributed by atoms with Crippen molar-refractivity contribution in [2.24, 2.45) is 11.3 Å². The maximum atomic E-state index is 14.3. The quantitative estimate of drug-likeness (QED) is 0.207. The topological polar surface area (TPSA) is 79.5 Å². The molecule has 0 amide bonds. The van der Waals surface area contributed by atoms with E-state index < -0.39 is 23.0 Å². The fraction of sp³-hybridized carbons (Fsp3) is 0.344. The van der Waals surface area contributed by atoms with Gasteiger partial charge in [0.15, 0.2) is 0 Å². The molecule has 1 aliphatic rings. The largest absolute Gasteiger partial charge is 0.481 e. The molecule has 2 heterocycles. The summed E-state index contributed by atoms with van der Waals surface area (Å²) in [6.07, 6.45) is 1.41. The highest BCUT2D eigenvalue weighted by atomic mass is 32.1. The molecule has 1 N–H and O–H groups in total. The number of aliphatic carboxylic acids is 1. The summed E-state index contributed by atoms with van der Waals surface area (Å²) in [6, 6.07) is 17.5. The molecule has 6 nitrogen and oxygen atoms in total. The molecule has 5 rings (SSSR count). The number of halogens is 2. The van der Waals surface area contributed by atoms with Crippen LogP contribution in [0.25, 0.3) is 22.8 Å². The number of carboxylic acid groups (broad SMARTS) is 1. The van der Waals surface area contributed by atoms with Gasteiger partial charge in [-0.1, -0.05) is 55.4 Å². The van der Waals surface area contributed by atoms with Gasteiger partial charge in [0, 0.05) is 28.1 Å². The second-order valence-corrected chi connectivity index (χ2v) is 11.8. The summed E-state index contributed by atoms with van der Waals surface area (Å²) in [4.78, 5) is 19.9. The minimum absolute atomic E-state index is 0.155. The lowest BCUT2D eigenvalue weighted by Gasteiger charge is -2.39. The third kappa shape index (κ3) is 6.52. The van der Waals surface area contributed by atoms with E-state index in [2.05, 4.69) is 47.6 Å². The summed E-state index contributed by atoms with van der Waals surface area (Å²) in [5.74, 6) is -0.958. The van der Waals surface area contributed by atoms with Crippen LogP contribution in [0.3, 0.4) is 0 Å². The Morgan fingerprint density at radius 1 is 1.05 bits per heavy atom. The summed E-state index contributed by atoms with van der Waals surface area (Å²) in [5.41, 5.74) is 2.53. The van der Waals surface area contributed by atoms with Crippen molar-refractivity contribution < 1.29 is 23.2 Å². The second kappa shape index (κ2) is 12.1. The lowest BCUT2D eigenvalue weighted by Crippen LogP contribution is -2.45. The summed E-state index contributed by atoms with van der Waals surface area (Å²) < 4.78 is 34.0. The Balaban J connectivity index is 1.21. The Morgan fingerprint density at radius 3 is 2.32 bits per heavy atom. The molecule has 3 aromatic carbocycles. The van der Waals surface area contributed by atoms with Gasteiger partial charge in [-0.25, -0.2) is 8.78 Å². The van der Waals surface area contributed by atoms with E-state index in [-0.39, 0.29) is 12.0 Å². The van der Waals surface area contributed by atoms with Crippen LogP contribution in [0.4, 0.5) is 8.78 Å². The van der Waals surface area contributed by atoms with Crippen LogP contribution in [0.15, 0.2) is 70.1 Å². The Morgan fingerprint density at radius 2 is 1.71 bits per heavy atom. The lowest BCUT2D eigenvalue weighted by molar-refractivity contribution is -0.152. The summed E-state index contributed by atoms with van der Waals surface area (Å²) in [5, 5.41) is 14.1. The molecule has 0 bridgehead atoms. The highest BCUT2D eigenvalue weighted by molar-refractivity contribution is 7.80. The average Bonchev–Trinajstić information content (AvgIpc) is 3.44. The number of hydrogen-bond donors (Lipinski definition) is 2. The van der Waals surface area contributed by atoms with E-state index in [9.17, 15) is 18.7 Å². The van der Waals surface area contributed by atoms with E-state index in [4.69, 9.17) is 4.52 Å². The lowest BCUT2D eigenvalue weighted by atomic mass is 9.73. The fourth-order valence-corrected chi connectivity index (χ4v) is 5.73. The number of rotatable bonds is 9. The first-order chi connectivity index (χ1) is 19.6. The van der Waals surface area contributed by atoms with Crippen molar-refractivity contribution in [2.45, 2.75) is 51.0 Å². The van der Waals surface area contributed by atoms with Gasteiger partial charge in [0.1, 0.15) is 11.6 Å². The number of aromatic nitrogens is 2. The van der Waals surface area contributed by atoms with Gasteiger partial charge in [-0.3, -0.25) is 9.69 Å². The molecule has 0 spiro atoms. The van der Waals surface area contributed by atoms with Crippen LogP contribution in [0.2, 0.25) is 0 Å². The van der Waals surface area contributed by atoms with Gasteiger partial charge in [-0.05, 0) is 80.1 Å². The summed E-state index contributed by atoms with van der Waals surface area (Å²) in [6.45, 7) is 6.01. The van der Waals surface area contributed by atoms with Crippen LogP contribution in [0.5, 0.6) is 0 Å². The van der Waals surface area contributed by atoms with Gasteiger partial charge in [0.2, 0.25) is 5.82 Å². The molecule has 0 unspecified atom stereocenters. The fourth-order valence-electron chi connectivity index (χ4n) is 5.43. The molecular formula is C32H33F2N3O3S. The minimum atomic E-state index is -1.19. The maximum Gasteiger partial charge on any atom is 0.310 e. The first kappa shape index (κ1) is 29.0. The SMILES string of the molecule is CC(C)Cc1ccc(-c2nc(-c3ccc(CN4CCC(Cc5c(F)cccc5F)(C(=O)O)CC4)cc3)no2)cc1S. The smallest absolute Gasteiger partial charge is 0.310 e. The van der Waals surface area contributed by atoms with E-state index in [1.54, 1.807) is 0 Å². The van der Waals surface area contributed by atoms with Gasteiger partial charge in [-0.2, -0.15) is 4.98 Å². The zero-order chi connectivity index (χ0) is 29.1. The van der Waals surface area contributed by atoms with Crippen LogP contribution in [-0.2, 0) is 24.2 Å². The number of thiol groups is 1. The summed E-state index contributed by atoms with van der Waals surface area (Å²) in [7, 11) is 0. The van der Waals surface area contributed by atoms with Gasteiger partial charge in [0.25, 0.3) is 5.89 Å². The van der Waals surface area contributed by atoms with Crippen molar-refractivity contribution in [1.29, 1.82) is 0 Å². The molecule has 0 radical (unpaired) electrons. The standard InChI is InChI=1S/C32H33F2N3O3S/c1-20(2)16-23-10-11-24(17-28(23)41)30-35-29(36-40-30)22-8-6-21(7-9-22)19-37-14-12-32(13-15-37,31(38)39)18-25-26(33)4-3-5-27(25)34/h3-11,17,20,41H,12-16,18-19H2,1-2H3,(H,38,39). The van der Waals surface area contributed by atoms with E-state index in [1.807, 2.05) is 36.4 Å². The Labute approximate surface area is 243 Å².